The highest BCUT2D eigenvalue weighted by Crippen LogP contribution is 2.37. The fourth-order valence-corrected chi connectivity index (χ4v) is 3.55. The highest BCUT2D eigenvalue weighted by molar-refractivity contribution is 9.10. The van der Waals surface area contributed by atoms with Crippen molar-refractivity contribution in [2.75, 3.05) is 26.9 Å². The van der Waals surface area contributed by atoms with Crippen LogP contribution in [0.2, 0.25) is 10.0 Å². The molecule has 2 rings (SSSR count). The summed E-state index contributed by atoms with van der Waals surface area (Å²) in [6.45, 7) is 5.49. The summed E-state index contributed by atoms with van der Waals surface area (Å²) in [7, 11) is 1.63. The Morgan fingerprint density at radius 2 is 1.96 bits per heavy atom. The SMILES string of the molecule is CCOCCCNCc1cc(Br)c(OCc2ccc(Cl)cc2Cl)c(OC)c1. The van der Waals surface area contributed by atoms with Gasteiger partial charge in [0.05, 0.1) is 11.6 Å². The third-order valence-corrected chi connectivity index (χ3v) is 5.03. The van der Waals surface area contributed by atoms with E-state index in [1.165, 1.54) is 0 Å². The molecule has 0 atom stereocenters. The van der Waals surface area contributed by atoms with Gasteiger partial charge in [0, 0.05) is 35.4 Å². The van der Waals surface area contributed by atoms with E-state index >= 15 is 0 Å². The lowest BCUT2D eigenvalue weighted by atomic mass is 10.2. The average Bonchev–Trinajstić information content (AvgIpc) is 2.64. The summed E-state index contributed by atoms with van der Waals surface area (Å²) in [6, 6.07) is 9.34. The first kappa shape index (κ1) is 22.3. The van der Waals surface area contributed by atoms with Gasteiger partial charge in [-0.1, -0.05) is 29.3 Å². The highest BCUT2D eigenvalue weighted by atomic mass is 79.9. The number of hydrogen-bond donors (Lipinski definition) is 1. The van der Waals surface area contributed by atoms with Crippen LogP contribution in [0, 0.1) is 0 Å². The molecular weight excluding hydrogens is 453 g/mol. The average molecular weight is 477 g/mol. The van der Waals surface area contributed by atoms with E-state index in [4.69, 9.17) is 37.4 Å². The van der Waals surface area contributed by atoms with Crippen molar-refractivity contribution in [1.82, 2.24) is 5.32 Å². The van der Waals surface area contributed by atoms with Gasteiger partial charge >= 0.3 is 0 Å². The van der Waals surface area contributed by atoms with E-state index in [-0.39, 0.29) is 0 Å². The second-order valence-electron chi connectivity index (χ2n) is 5.86. The highest BCUT2D eigenvalue weighted by Gasteiger charge is 2.13. The van der Waals surface area contributed by atoms with Gasteiger partial charge in [-0.05, 0) is 65.6 Å². The molecule has 0 saturated heterocycles. The molecule has 0 aliphatic rings. The van der Waals surface area contributed by atoms with Gasteiger partial charge in [0.25, 0.3) is 0 Å². The molecule has 0 fully saturated rings. The standard InChI is InChI=1S/C20H24BrCl2NO3/c1-3-26-8-4-7-24-12-14-9-17(21)20(19(10-14)25-2)27-13-15-5-6-16(22)11-18(15)23/h5-6,9-11,24H,3-4,7-8,12-13H2,1-2H3. The largest absolute Gasteiger partial charge is 0.493 e. The Bertz CT molecular complexity index is 743. The van der Waals surface area contributed by atoms with Crippen LogP contribution in [-0.2, 0) is 17.9 Å². The summed E-state index contributed by atoms with van der Waals surface area (Å²) in [6.07, 6.45) is 0.981. The van der Waals surface area contributed by atoms with Crippen LogP contribution in [0.4, 0.5) is 0 Å². The van der Waals surface area contributed by atoms with Gasteiger partial charge in [-0.15, -0.1) is 0 Å². The zero-order valence-electron chi connectivity index (χ0n) is 15.5. The molecule has 0 amide bonds. The summed E-state index contributed by atoms with van der Waals surface area (Å²) >= 11 is 15.7. The van der Waals surface area contributed by atoms with Crippen LogP contribution in [0.15, 0.2) is 34.8 Å². The molecule has 4 nitrogen and oxygen atoms in total. The normalized spacial score (nSPS) is 10.9. The molecular formula is C20H24BrCl2NO3. The van der Waals surface area contributed by atoms with Crippen LogP contribution < -0.4 is 14.8 Å². The molecule has 0 heterocycles. The van der Waals surface area contributed by atoms with Crippen molar-refractivity contribution in [2.24, 2.45) is 0 Å². The molecule has 0 aromatic heterocycles. The first-order valence-corrected chi connectivity index (χ1v) is 10.3. The maximum atomic E-state index is 6.21. The molecule has 0 aliphatic heterocycles. The molecule has 0 saturated carbocycles. The predicted octanol–water partition coefficient (Wildman–Crippen LogP) is 5.86. The molecule has 0 bridgehead atoms. The van der Waals surface area contributed by atoms with Crippen molar-refractivity contribution in [3.63, 3.8) is 0 Å². The Morgan fingerprint density at radius 3 is 2.67 bits per heavy atom. The lowest BCUT2D eigenvalue weighted by molar-refractivity contribution is 0.144. The van der Waals surface area contributed by atoms with Crippen molar-refractivity contribution < 1.29 is 14.2 Å². The number of nitrogens with one attached hydrogen (secondary N) is 1. The van der Waals surface area contributed by atoms with Gasteiger partial charge in [0.2, 0.25) is 0 Å². The minimum absolute atomic E-state index is 0.319. The van der Waals surface area contributed by atoms with E-state index < -0.39 is 0 Å². The molecule has 7 heteroatoms. The summed E-state index contributed by atoms with van der Waals surface area (Å²) in [5, 5.41) is 4.57. The first-order chi connectivity index (χ1) is 13.0. The second-order valence-corrected chi connectivity index (χ2v) is 7.56. The van der Waals surface area contributed by atoms with Crippen LogP contribution >= 0.6 is 39.1 Å². The minimum atomic E-state index is 0.319. The third-order valence-electron chi connectivity index (χ3n) is 3.85. The zero-order valence-corrected chi connectivity index (χ0v) is 18.6. The van der Waals surface area contributed by atoms with Crippen molar-refractivity contribution in [3.8, 4) is 11.5 Å². The van der Waals surface area contributed by atoms with Gasteiger partial charge in [-0.3, -0.25) is 0 Å². The Morgan fingerprint density at radius 1 is 1.15 bits per heavy atom. The van der Waals surface area contributed by atoms with Crippen LogP contribution in [-0.4, -0.2) is 26.9 Å². The minimum Gasteiger partial charge on any atom is -0.493 e. The summed E-state index contributed by atoms with van der Waals surface area (Å²) in [5.41, 5.74) is 1.96. The van der Waals surface area contributed by atoms with Gasteiger partial charge in [0.1, 0.15) is 6.61 Å². The van der Waals surface area contributed by atoms with Crippen LogP contribution in [0.25, 0.3) is 0 Å². The van der Waals surface area contributed by atoms with Crippen LogP contribution in [0.1, 0.15) is 24.5 Å². The van der Waals surface area contributed by atoms with Crippen LogP contribution in [0.5, 0.6) is 11.5 Å². The fraction of sp³-hybridized carbons (Fsp3) is 0.400. The molecule has 0 spiro atoms. The molecule has 0 unspecified atom stereocenters. The molecule has 148 valence electrons. The fourth-order valence-electron chi connectivity index (χ4n) is 2.48. The van der Waals surface area contributed by atoms with Gasteiger partial charge in [0.15, 0.2) is 11.5 Å². The second kappa shape index (κ2) is 11.8. The molecule has 27 heavy (non-hydrogen) atoms. The number of ether oxygens (including phenoxy) is 3. The predicted molar refractivity (Wildman–Crippen MR) is 114 cm³/mol. The van der Waals surface area contributed by atoms with E-state index in [1.807, 2.05) is 25.1 Å². The van der Waals surface area contributed by atoms with Gasteiger partial charge in [-0.25, -0.2) is 0 Å². The molecule has 2 aromatic carbocycles. The van der Waals surface area contributed by atoms with Crippen LogP contribution in [0.3, 0.4) is 0 Å². The number of benzene rings is 2. The molecule has 1 N–H and O–H groups in total. The topological polar surface area (TPSA) is 39.7 Å². The summed E-state index contributed by atoms with van der Waals surface area (Å²) < 4.78 is 17.6. The van der Waals surface area contributed by atoms with E-state index in [1.54, 1.807) is 19.2 Å². The maximum Gasteiger partial charge on any atom is 0.175 e. The van der Waals surface area contributed by atoms with E-state index in [9.17, 15) is 0 Å². The lowest BCUT2D eigenvalue weighted by Gasteiger charge is -2.15. The molecule has 0 radical (unpaired) electrons. The number of hydrogen-bond acceptors (Lipinski definition) is 4. The van der Waals surface area contributed by atoms with E-state index in [0.717, 1.165) is 48.3 Å². The first-order valence-electron chi connectivity index (χ1n) is 8.76. The zero-order chi connectivity index (χ0) is 19.6. The quantitative estimate of drug-likeness (QED) is 0.412. The third kappa shape index (κ3) is 7.16. The lowest BCUT2D eigenvalue weighted by Crippen LogP contribution is -2.16. The number of methoxy groups -OCH3 is 1. The molecule has 0 aliphatic carbocycles. The Labute approximate surface area is 179 Å². The van der Waals surface area contributed by atoms with Crippen molar-refractivity contribution >= 4 is 39.1 Å². The number of halogens is 3. The monoisotopic (exact) mass is 475 g/mol. The van der Waals surface area contributed by atoms with Crippen molar-refractivity contribution in [1.29, 1.82) is 0 Å². The maximum absolute atomic E-state index is 6.21. The van der Waals surface area contributed by atoms with Crippen molar-refractivity contribution in [3.05, 3.63) is 56.0 Å². The van der Waals surface area contributed by atoms with E-state index in [0.29, 0.717) is 28.2 Å². The Balaban J connectivity index is 1.98. The summed E-state index contributed by atoms with van der Waals surface area (Å²) in [4.78, 5) is 0. The Kier molecular flexibility index (Phi) is 9.73. The summed E-state index contributed by atoms with van der Waals surface area (Å²) in [5.74, 6) is 1.31. The van der Waals surface area contributed by atoms with Gasteiger partial charge < -0.3 is 19.5 Å². The molecule has 2 aromatic rings. The van der Waals surface area contributed by atoms with Gasteiger partial charge in [-0.2, -0.15) is 0 Å². The van der Waals surface area contributed by atoms with Crippen molar-refractivity contribution in [2.45, 2.75) is 26.5 Å². The smallest absolute Gasteiger partial charge is 0.175 e. The Hall–Kier alpha value is -0.980. The van der Waals surface area contributed by atoms with E-state index in [2.05, 4.69) is 21.2 Å². The number of rotatable bonds is 11.